The molecule has 8 nitrogen and oxygen atoms in total. The van der Waals surface area contributed by atoms with Crippen molar-refractivity contribution in [2.75, 3.05) is 7.05 Å². The Morgan fingerprint density at radius 3 is 2.52 bits per heavy atom. The number of pyridine rings is 1. The van der Waals surface area contributed by atoms with Crippen LogP contribution in [0, 0.1) is 0 Å². The second kappa shape index (κ2) is 7.20. The predicted molar refractivity (Wildman–Crippen MR) is 98.5 cm³/mol. The quantitative estimate of drug-likeness (QED) is 0.545. The van der Waals surface area contributed by atoms with Gasteiger partial charge in [0.2, 0.25) is 0 Å². The van der Waals surface area contributed by atoms with E-state index < -0.39 is 0 Å². The summed E-state index contributed by atoms with van der Waals surface area (Å²) in [5, 5.41) is 11.9. The standard InChI is InChI=1S/C19H17N7O/c1-24(11-15-9-23-26(12-15)17-5-3-2-4-6-17)19(27)16-7-8-18(20-10-16)25-13-21-22-14-25/h2-10,12-14H,11H2,1H3. The Bertz CT molecular complexity index is 1020. The normalized spacial score (nSPS) is 10.7. The van der Waals surface area contributed by atoms with Crippen LogP contribution in [0.2, 0.25) is 0 Å². The fraction of sp³-hybridized carbons (Fsp3) is 0.105. The topological polar surface area (TPSA) is 81.7 Å². The van der Waals surface area contributed by atoms with Crippen molar-refractivity contribution >= 4 is 5.91 Å². The van der Waals surface area contributed by atoms with E-state index in [1.54, 1.807) is 58.4 Å². The van der Waals surface area contributed by atoms with E-state index in [2.05, 4.69) is 20.3 Å². The van der Waals surface area contributed by atoms with E-state index in [1.807, 2.05) is 36.5 Å². The first-order valence-electron chi connectivity index (χ1n) is 8.36. The van der Waals surface area contributed by atoms with Gasteiger partial charge in [0.15, 0.2) is 0 Å². The van der Waals surface area contributed by atoms with Gasteiger partial charge in [-0.2, -0.15) is 5.10 Å². The summed E-state index contributed by atoms with van der Waals surface area (Å²) in [6, 6.07) is 13.4. The van der Waals surface area contributed by atoms with E-state index in [-0.39, 0.29) is 5.91 Å². The summed E-state index contributed by atoms with van der Waals surface area (Å²) < 4.78 is 3.47. The second-order valence-corrected chi connectivity index (χ2v) is 6.06. The third-order valence-corrected chi connectivity index (χ3v) is 4.10. The fourth-order valence-corrected chi connectivity index (χ4v) is 2.71. The van der Waals surface area contributed by atoms with Gasteiger partial charge in [0.05, 0.1) is 17.4 Å². The van der Waals surface area contributed by atoms with Crippen LogP contribution >= 0.6 is 0 Å². The molecule has 0 saturated carbocycles. The molecule has 0 radical (unpaired) electrons. The first kappa shape index (κ1) is 16.6. The van der Waals surface area contributed by atoms with Gasteiger partial charge in [-0.25, -0.2) is 9.67 Å². The minimum absolute atomic E-state index is 0.106. The number of para-hydroxylation sites is 1. The molecule has 0 atom stereocenters. The summed E-state index contributed by atoms with van der Waals surface area (Å²) in [5.74, 6) is 0.550. The smallest absolute Gasteiger partial charge is 0.255 e. The lowest BCUT2D eigenvalue weighted by Crippen LogP contribution is -2.26. The van der Waals surface area contributed by atoms with Crippen molar-refractivity contribution in [2.45, 2.75) is 6.54 Å². The first-order chi connectivity index (χ1) is 13.2. The van der Waals surface area contributed by atoms with Gasteiger partial charge in [0.25, 0.3) is 5.91 Å². The van der Waals surface area contributed by atoms with Crippen LogP contribution in [0.3, 0.4) is 0 Å². The summed E-state index contributed by atoms with van der Waals surface area (Å²) in [7, 11) is 1.76. The van der Waals surface area contributed by atoms with E-state index >= 15 is 0 Å². The number of hydrogen-bond acceptors (Lipinski definition) is 5. The van der Waals surface area contributed by atoms with Crippen LogP contribution in [0.4, 0.5) is 0 Å². The number of amides is 1. The highest BCUT2D eigenvalue weighted by molar-refractivity contribution is 5.93. The highest BCUT2D eigenvalue weighted by Crippen LogP contribution is 2.12. The molecule has 3 heterocycles. The van der Waals surface area contributed by atoms with Gasteiger partial charge in [0, 0.05) is 31.5 Å². The van der Waals surface area contributed by atoms with Gasteiger partial charge >= 0.3 is 0 Å². The van der Waals surface area contributed by atoms with E-state index in [0.29, 0.717) is 17.9 Å². The Hall–Kier alpha value is -3.81. The van der Waals surface area contributed by atoms with E-state index in [1.165, 1.54) is 0 Å². The van der Waals surface area contributed by atoms with E-state index in [9.17, 15) is 4.79 Å². The molecule has 0 saturated heterocycles. The minimum atomic E-state index is -0.106. The van der Waals surface area contributed by atoms with Gasteiger partial charge < -0.3 is 4.90 Å². The Balaban J connectivity index is 1.44. The van der Waals surface area contributed by atoms with Crippen LogP contribution in [-0.4, -0.2) is 47.4 Å². The Morgan fingerprint density at radius 1 is 1.04 bits per heavy atom. The largest absolute Gasteiger partial charge is 0.337 e. The third kappa shape index (κ3) is 3.59. The van der Waals surface area contributed by atoms with Crippen molar-refractivity contribution in [3.8, 4) is 11.5 Å². The van der Waals surface area contributed by atoms with Crippen LogP contribution < -0.4 is 0 Å². The number of carbonyl (C=O) groups is 1. The summed E-state index contributed by atoms with van der Waals surface area (Å²) in [6.07, 6.45) is 8.36. The molecule has 1 amide bonds. The first-order valence-corrected chi connectivity index (χ1v) is 8.36. The van der Waals surface area contributed by atoms with Crippen molar-refractivity contribution < 1.29 is 4.79 Å². The summed E-state index contributed by atoms with van der Waals surface area (Å²) in [6.45, 7) is 0.457. The summed E-state index contributed by atoms with van der Waals surface area (Å²) in [4.78, 5) is 18.6. The molecule has 1 aromatic carbocycles. The lowest BCUT2D eigenvalue weighted by Gasteiger charge is -2.16. The molecule has 0 aliphatic rings. The predicted octanol–water partition coefficient (Wildman–Crippen LogP) is 2.12. The van der Waals surface area contributed by atoms with Gasteiger partial charge in [0.1, 0.15) is 18.5 Å². The Morgan fingerprint density at radius 2 is 1.81 bits per heavy atom. The Kier molecular flexibility index (Phi) is 4.44. The van der Waals surface area contributed by atoms with Crippen LogP contribution in [0.15, 0.2) is 73.7 Å². The number of benzene rings is 1. The monoisotopic (exact) mass is 359 g/mol. The van der Waals surface area contributed by atoms with Crippen molar-refractivity contribution in [3.05, 3.63) is 84.8 Å². The third-order valence-electron chi connectivity index (χ3n) is 4.10. The maximum atomic E-state index is 12.7. The Labute approximate surface area is 155 Å². The lowest BCUT2D eigenvalue weighted by molar-refractivity contribution is 0.0784. The molecule has 134 valence electrons. The molecular weight excluding hydrogens is 342 g/mol. The molecule has 4 rings (SSSR count). The van der Waals surface area contributed by atoms with Crippen molar-refractivity contribution in [1.82, 2.24) is 34.4 Å². The zero-order valence-electron chi connectivity index (χ0n) is 14.7. The number of aromatic nitrogens is 6. The molecule has 0 fully saturated rings. The molecule has 0 aliphatic carbocycles. The molecular formula is C19H17N7O. The molecule has 4 aromatic rings. The van der Waals surface area contributed by atoms with Gasteiger partial charge in [-0.05, 0) is 24.3 Å². The van der Waals surface area contributed by atoms with Crippen LogP contribution in [0.5, 0.6) is 0 Å². The number of nitrogens with zero attached hydrogens (tertiary/aromatic N) is 7. The van der Waals surface area contributed by atoms with Crippen LogP contribution in [0.1, 0.15) is 15.9 Å². The summed E-state index contributed by atoms with van der Waals surface area (Å²) in [5.41, 5.74) is 2.44. The van der Waals surface area contributed by atoms with Gasteiger partial charge in [-0.3, -0.25) is 9.36 Å². The number of carbonyl (C=O) groups excluding carboxylic acids is 1. The number of rotatable bonds is 5. The average molecular weight is 359 g/mol. The van der Waals surface area contributed by atoms with E-state index in [4.69, 9.17) is 0 Å². The molecule has 0 spiro atoms. The van der Waals surface area contributed by atoms with Gasteiger partial charge in [-0.15, -0.1) is 10.2 Å². The molecule has 3 aromatic heterocycles. The SMILES string of the molecule is CN(Cc1cnn(-c2ccccc2)c1)C(=O)c1ccc(-n2cnnc2)nc1. The molecule has 27 heavy (non-hydrogen) atoms. The van der Waals surface area contributed by atoms with Crippen molar-refractivity contribution in [3.63, 3.8) is 0 Å². The maximum Gasteiger partial charge on any atom is 0.255 e. The molecule has 0 N–H and O–H groups in total. The molecule has 0 bridgehead atoms. The minimum Gasteiger partial charge on any atom is -0.337 e. The fourth-order valence-electron chi connectivity index (χ4n) is 2.71. The van der Waals surface area contributed by atoms with Crippen molar-refractivity contribution in [1.29, 1.82) is 0 Å². The zero-order chi connectivity index (χ0) is 18.6. The highest BCUT2D eigenvalue weighted by atomic mass is 16.2. The molecule has 0 unspecified atom stereocenters. The zero-order valence-corrected chi connectivity index (χ0v) is 14.7. The lowest BCUT2D eigenvalue weighted by atomic mass is 10.2. The van der Waals surface area contributed by atoms with Gasteiger partial charge in [-0.1, -0.05) is 18.2 Å². The van der Waals surface area contributed by atoms with Crippen molar-refractivity contribution in [2.24, 2.45) is 0 Å². The second-order valence-electron chi connectivity index (χ2n) is 6.06. The molecule has 8 heteroatoms. The highest BCUT2D eigenvalue weighted by Gasteiger charge is 2.14. The van der Waals surface area contributed by atoms with E-state index in [0.717, 1.165) is 11.3 Å². The van der Waals surface area contributed by atoms with Crippen LogP contribution in [0.25, 0.3) is 11.5 Å². The summed E-state index contributed by atoms with van der Waals surface area (Å²) >= 11 is 0. The number of hydrogen-bond donors (Lipinski definition) is 0. The molecule has 0 aliphatic heterocycles. The average Bonchev–Trinajstić information content (AvgIpc) is 3.40. The van der Waals surface area contributed by atoms with Crippen LogP contribution in [-0.2, 0) is 6.54 Å². The maximum absolute atomic E-state index is 12.7.